The minimum atomic E-state index is -0.525. The highest BCUT2D eigenvalue weighted by atomic mass is 35.5. The Hall–Kier alpha value is -2.79. The number of carbonyl (C=O) groups excluding carboxylic acids is 2. The number of fused-ring (bicyclic) bond motifs is 1. The van der Waals surface area contributed by atoms with Gasteiger partial charge in [0, 0.05) is 10.9 Å². The monoisotopic (exact) mass is 342 g/mol. The third-order valence-electron chi connectivity index (χ3n) is 3.54. The number of ether oxygens (including phenoxy) is 1. The van der Waals surface area contributed by atoms with Crippen LogP contribution in [0.3, 0.4) is 0 Å². The molecule has 0 bridgehead atoms. The van der Waals surface area contributed by atoms with Gasteiger partial charge in [-0.1, -0.05) is 41.9 Å². The average molecular weight is 343 g/mol. The molecule has 0 aliphatic heterocycles. The minimum absolute atomic E-state index is 0.207. The van der Waals surface area contributed by atoms with Crippen molar-refractivity contribution in [3.8, 4) is 0 Å². The van der Waals surface area contributed by atoms with Gasteiger partial charge >= 0.3 is 5.97 Å². The molecule has 122 valence electrons. The Kier molecular flexibility index (Phi) is 4.53. The predicted molar refractivity (Wildman–Crippen MR) is 93.7 cm³/mol. The van der Waals surface area contributed by atoms with Crippen LogP contribution in [0.15, 0.2) is 48.5 Å². The SMILES string of the molecule is CCOC(=O)c1[nH]c2ccccc2c1NC(=O)c1ccccc1Cl. The lowest BCUT2D eigenvalue weighted by molar-refractivity contribution is 0.0522. The molecule has 0 spiro atoms. The van der Waals surface area contributed by atoms with E-state index in [1.807, 2.05) is 24.3 Å². The number of para-hydroxylation sites is 1. The van der Waals surface area contributed by atoms with Crippen LogP contribution in [0.4, 0.5) is 5.69 Å². The van der Waals surface area contributed by atoms with Gasteiger partial charge in [0.2, 0.25) is 0 Å². The van der Waals surface area contributed by atoms with Crippen molar-refractivity contribution in [3.63, 3.8) is 0 Å². The summed E-state index contributed by atoms with van der Waals surface area (Å²) in [7, 11) is 0. The summed E-state index contributed by atoms with van der Waals surface area (Å²) in [6.07, 6.45) is 0. The molecule has 0 saturated carbocycles. The standard InChI is InChI=1S/C18H15ClN2O3/c1-2-24-18(23)16-15(12-8-4-6-10-14(12)20-16)21-17(22)11-7-3-5-9-13(11)19/h3-10,20H,2H2,1H3,(H,21,22). The summed E-state index contributed by atoms with van der Waals surface area (Å²) in [5, 5.41) is 3.84. The molecule has 0 radical (unpaired) electrons. The number of hydrogen-bond donors (Lipinski definition) is 2. The molecule has 1 amide bonds. The van der Waals surface area contributed by atoms with E-state index in [4.69, 9.17) is 16.3 Å². The largest absolute Gasteiger partial charge is 0.461 e. The maximum absolute atomic E-state index is 12.5. The Balaban J connectivity index is 2.04. The fourth-order valence-electron chi connectivity index (χ4n) is 2.45. The minimum Gasteiger partial charge on any atom is -0.461 e. The number of esters is 1. The third kappa shape index (κ3) is 2.98. The predicted octanol–water partition coefficient (Wildman–Crippen LogP) is 4.25. The quantitative estimate of drug-likeness (QED) is 0.696. The van der Waals surface area contributed by atoms with Gasteiger partial charge in [-0.25, -0.2) is 4.79 Å². The maximum atomic E-state index is 12.5. The van der Waals surface area contributed by atoms with E-state index in [1.165, 1.54) is 0 Å². The van der Waals surface area contributed by atoms with Gasteiger partial charge in [-0.15, -0.1) is 0 Å². The summed E-state index contributed by atoms with van der Waals surface area (Å²) in [6, 6.07) is 14.0. The first-order valence-corrected chi connectivity index (χ1v) is 7.83. The summed E-state index contributed by atoms with van der Waals surface area (Å²) in [5.41, 5.74) is 1.65. The zero-order valence-corrected chi connectivity index (χ0v) is 13.7. The Morgan fingerprint density at radius 1 is 1.12 bits per heavy atom. The van der Waals surface area contributed by atoms with Crippen LogP contribution in [0.5, 0.6) is 0 Å². The number of benzene rings is 2. The number of H-pyrrole nitrogens is 1. The molecule has 0 atom stereocenters. The summed E-state index contributed by atoms with van der Waals surface area (Å²) < 4.78 is 5.06. The molecule has 3 aromatic rings. The molecule has 0 saturated heterocycles. The number of halogens is 1. The number of hydrogen-bond acceptors (Lipinski definition) is 3. The van der Waals surface area contributed by atoms with Crippen molar-refractivity contribution in [3.05, 3.63) is 64.8 Å². The van der Waals surface area contributed by atoms with Crippen LogP contribution in [-0.4, -0.2) is 23.5 Å². The van der Waals surface area contributed by atoms with Crippen molar-refractivity contribution < 1.29 is 14.3 Å². The van der Waals surface area contributed by atoms with Crippen LogP contribution in [0, 0.1) is 0 Å². The number of carbonyl (C=O) groups is 2. The van der Waals surface area contributed by atoms with Crippen molar-refractivity contribution >= 4 is 40.1 Å². The normalized spacial score (nSPS) is 10.6. The molecule has 1 heterocycles. The fraction of sp³-hybridized carbons (Fsp3) is 0.111. The molecule has 0 unspecified atom stereocenters. The molecule has 0 fully saturated rings. The lowest BCUT2D eigenvalue weighted by atomic mass is 10.2. The van der Waals surface area contributed by atoms with E-state index in [0.717, 1.165) is 10.9 Å². The molecule has 0 aliphatic rings. The van der Waals surface area contributed by atoms with Crippen molar-refractivity contribution in [1.82, 2.24) is 4.98 Å². The highest BCUT2D eigenvalue weighted by molar-refractivity contribution is 6.34. The lowest BCUT2D eigenvalue weighted by Gasteiger charge is -2.08. The molecular formula is C18H15ClN2O3. The van der Waals surface area contributed by atoms with Crippen LogP contribution in [0.1, 0.15) is 27.8 Å². The van der Waals surface area contributed by atoms with E-state index in [0.29, 0.717) is 16.3 Å². The van der Waals surface area contributed by atoms with Crippen LogP contribution in [0.2, 0.25) is 5.02 Å². The van der Waals surface area contributed by atoms with E-state index >= 15 is 0 Å². The molecule has 2 N–H and O–H groups in total. The highest BCUT2D eigenvalue weighted by Gasteiger charge is 2.21. The molecule has 1 aromatic heterocycles. The van der Waals surface area contributed by atoms with Gasteiger partial charge in [0.1, 0.15) is 5.69 Å². The van der Waals surface area contributed by atoms with Crippen LogP contribution < -0.4 is 5.32 Å². The molecule has 2 aromatic carbocycles. The number of nitrogens with one attached hydrogen (secondary N) is 2. The number of amides is 1. The van der Waals surface area contributed by atoms with Crippen molar-refractivity contribution in [2.75, 3.05) is 11.9 Å². The van der Waals surface area contributed by atoms with Gasteiger partial charge < -0.3 is 15.0 Å². The summed E-state index contributed by atoms with van der Waals surface area (Å²) in [6.45, 7) is 1.97. The topological polar surface area (TPSA) is 71.2 Å². The molecule has 24 heavy (non-hydrogen) atoms. The number of aromatic nitrogens is 1. The molecule has 3 rings (SSSR count). The van der Waals surface area contributed by atoms with Gasteiger partial charge in [0.25, 0.3) is 5.91 Å². The van der Waals surface area contributed by atoms with E-state index in [2.05, 4.69) is 10.3 Å². The first kappa shape index (κ1) is 16.1. The average Bonchev–Trinajstić information content (AvgIpc) is 2.94. The molecular weight excluding hydrogens is 328 g/mol. The molecule has 6 heteroatoms. The second-order valence-corrected chi connectivity index (χ2v) is 5.48. The van der Waals surface area contributed by atoms with Gasteiger partial charge in [0.05, 0.1) is 22.9 Å². The lowest BCUT2D eigenvalue weighted by Crippen LogP contribution is -2.15. The van der Waals surface area contributed by atoms with Gasteiger partial charge in [-0.05, 0) is 25.1 Å². The maximum Gasteiger partial charge on any atom is 0.356 e. The van der Waals surface area contributed by atoms with E-state index < -0.39 is 11.9 Å². The van der Waals surface area contributed by atoms with Crippen molar-refractivity contribution in [2.45, 2.75) is 6.92 Å². The summed E-state index contributed by atoms with van der Waals surface area (Å²) in [4.78, 5) is 27.7. The van der Waals surface area contributed by atoms with Crippen molar-refractivity contribution in [2.24, 2.45) is 0 Å². The number of anilines is 1. The van der Waals surface area contributed by atoms with Crippen LogP contribution >= 0.6 is 11.6 Å². The Morgan fingerprint density at radius 3 is 2.58 bits per heavy atom. The van der Waals surface area contributed by atoms with Gasteiger partial charge in [-0.2, -0.15) is 0 Å². The third-order valence-corrected chi connectivity index (χ3v) is 3.87. The second-order valence-electron chi connectivity index (χ2n) is 5.08. The van der Waals surface area contributed by atoms with Crippen molar-refractivity contribution in [1.29, 1.82) is 0 Å². The fourth-order valence-corrected chi connectivity index (χ4v) is 2.68. The van der Waals surface area contributed by atoms with E-state index in [9.17, 15) is 9.59 Å². The first-order valence-electron chi connectivity index (χ1n) is 7.45. The number of aromatic amines is 1. The summed E-state index contributed by atoms with van der Waals surface area (Å²) in [5.74, 6) is -0.918. The number of rotatable bonds is 4. The highest BCUT2D eigenvalue weighted by Crippen LogP contribution is 2.29. The van der Waals surface area contributed by atoms with E-state index in [-0.39, 0.29) is 12.3 Å². The Labute approximate surface area is 143 Å². The smallest absolute Gasteiger partial charge is 0.356 e. The van der Waals surface area contributed by atoms with Gasteiger partial charge in [-0.3, -0.25) is 4.79 Å². The second kappa shape index (κ2) is 6.76. The zero-order valence-electron chi connectivity index (χ0n) is 12.9. The molecule has 5 nitrogen and oxygen atoms in total. The van der Waals surface area contributed by atoms with Gasteiger partial charge in [0.15, 0.2) is 0 Å². The van der Waals surface area contributed by atoms with Crippen LogP contribution in [0.25, 0.3) is 10.9 Å². The first-order chi connectivity index (χ1) is 11.6. The zero-order chi connectivity index (χ0) is 17.1. The van der Waals surface area contributed by atoms with Crippen LogP contribution in [-0.2, 0) is 4.74 Å². The van der Waals surface area contributed by atoms with E-state index in [1.54, 1.807) is 31.2 Å². The Bertz CT molecular complexity index is 918. The molecule has 0 aliphatic carbocycles. The Morgan fingerprint density at radius 2 is 1.83 bits per heavy atom. The summed E-state index contributed by atoms with van der Waals surface area (Å²) >= 11 is 6.07.